The summed E-state index contributed by atoms with van der Waals surface area (Å²) in [4.78, 5) is 26.5. The molecular weight excluding hydrogens is 516 g/mol. The summed E-state index contributed by atoms with van der Waals surface area (Å²) < 4.78 is 6.25. The van der Waals surface area contributed by atoms with Crippen LogP contribution in [-0.4, -0.2) is 33.7 Å². The van der Waals surface area contributed by atoms with Crippen LogP contribution in [0, 0.1) is 18.3 Å². The number of amides is 1. The maximum absolute atomic E-state index is 12.7. The average Bonchev–Trinajstić information content (AvgIpc) is 3.33. The monoisotopic (exact) mass is 538 g/mol. The summed E-state index contributed by atoms with van der Waals surface area (Å²) in [6.45, 7) is 2.02. The van der Waals surface area contributed by atoms with Crippen molar-refractivity contribution < 1.29 is 9.53 Å². The molecule has 3 aromatic carbocycles. The zero-order chi connectivity index (χ0) is 26.5. The molecule has 0 bridgehead atoms. The first-order valence-electron chi connectivity index (χ1n) is 11.6. The number of benzene rings is 3. The molecule has 0 spiro atoms. The van der Waals surface area contributed by atoms with Gasteiger partial charge in [-0.15, -0.1) is 0 Å². The van der Waals surface area contributed by atoms with E-state index in [9.17, 15) is 10.1 Å². The average molecular weight is 539 g/mol. The fourth-order valence-electron chi connectivity index (χ4n) is 3.69. The first kappa shape index (κ1) is 25.2. The number of hydrogen-bond acceptors (Lipinski definition) is 9. The Kier molecular flexibility index (Phi) is 7.49. The molecular formula is C28H22N6O2S2. The van der Waals surface area contributed by atoms with Crippen molar-refractivity contribution in [2.75, 3.05) is 23.5 Å². The van der Waals surface area contributed by atoms with E-state index in [2.05, 4.69) is 31.7 Å². The second-order valence-electron chi connectivity index (χ2n) is 8.24. The van der Waals surface area contributed by atoms with Crippen molar-refractivity contribution >= 4 is 55.9 Å². The number of hydrogen-bond donors (Lipinski definition) is 2. The first-order chi connectivity index (χ1) is 18.5. The summed E-state index contributed by atoms with van der Waals surface area (Å²) in [5.41, 5.74) is 4.30. The topological polar surface area (TPSA) is 113 Å². The minimum atomic E-state index is -0.218. The Morgan fingerprint density at radius 2 is 1.84 bits per heavy atom. The van der Waals surface area contributed by atoms with Gasteiger partial charge in [-0.25, -0.2) is 15.0 Å². The lowest BCUT2D eigenvalue weighted by molar-refractivity contribution is -0.113. The third-order valence-corrected chi connectivity index (χ3v) is 7.30. The number of nitrogens with zero attached hydrogens (tertiary/aromatic N) is 4. The van der Waals surface area contributed by atoms with E-state index >= 15 is 0 Å². The Labute approximate surface area is 227 Å². The van der Waals surface area contributed by atoms with Gasteiger partial charge in [-0.2, -0.15) is 5.26 Å². The van der Waals surface area contributed by atoms with Gasteiger partial charge in [-0.3, -0.25) is 4.79 Å². The number of rotatable bonds is 8. The number of fused-ring (bicyclic) bond motifs is 1. The Morgan fingerprint density at radius 1 is 1.05 bits per heavy atom. The van der Waals surface area contributed by atoms with Gasteiger partial charge in [0.05, 0.1) is 28.8 Å². The number of aryl methyl sites for hydroxylation is 1. The summed E-state index contributed by atoms with van der Waals surface area (Å²) >= 11 is 2.62. The van der Waals surface area contributed by atoms with E-state index in [1.165, 1.54) is 23.1 Å². The number of anilines is 3. The summed E-state index contributed by atoms with van der Waals surface area (Å²) in [5, 5.41) is 17.0. The highest BCUT2D eigenvalue weighted by Crippen LogP contribution is 2.31. The Hall–Kier alpha value is -4.46. The third-order valence-electron chi connectivity index (χ3n) is 5.52. The molecule has 8 nitrogen and oxygen atoms in total. The highest BCUT2D eigenvalue weighted by atomic mass is 32.2. The molecule has 2 heterocycles. The molecule has 0 saturated heterocycles. The molecule has 0 atom stereocenters. The van der Waals surface area contributed by atoms with Crippen LogP contribution in [0.3, 0.4) is 0 Å². The molecule has 0 radical (unpaired) electrons. The zero-order valence-electron chi connectivity index (χ0n) is 20.6. The fraction of sp³-hybridized carbons (Fsp3) is 0.107. The Bertz CT molecular complexity index is 1650. The maximum Gasteiger partial charge on any atom is 0.236 e. The van der Waals surface area contributed by atoms with E-state index < -0.39 is 0 Å². The standard InChI is InChI=1S/C28H22N6O2S2/c1-17-8-13-22-23(14-17)38-28(31-22)32-24(35)16-37-27-33-25(18-6-4-3-5-7-18)21(15-29)26(34-27)30-19-9-11-20(36-2)12-10-19/h3-14H,16H2,1-2H3,(H,30,33,34)(H,31,32,35). The van der Waals surface area contributed by atoms with Crippen LogP contribution < -0.4 is 15.4 Å². The summed E-state index contributed by atoms with van der Waals surface area (Å²) in [7, 11) is 1.60. The normalized spacial score (nSPS) is 10.7. The highest BCUT2D eigenvalue weighted by molar-refractivity contribution is 7.99. The van der Waals surface area contributed by atoms with E-state index in [1.807, 2.05) is 79.7 Å². The molecule has 0 unspecified atom stereocenters. The molecule has 2 aromatic heterocycles. The molecule has 0 fully saturated rings. The number of nitrogens with one attached hydrogen (secondary N) is 2. The van der Waals surface area contributed by atoms with Crippen LogP contribution in [0.2, 0.25) is 0 Å². The summed E-state index contributed by atoms with van der Waals surface area (Å²) in [6, 6.07) is 25.0. The van der Waals surface area contributed by atoms with Crippen molar-refractivity contribution in [2.45, 2.75) is 12.1 Å². The maximum atomic E-state index is 12.7. The number of thioether (sulfide) groups is 1. The second-order valence-corrected chi connectivity index (χ2v) is 10.2. The van der Waals surface area contributed by atoms with Crippen molar-refractivity contribution in [3.8, 4) is 23.1 Å². The molecule has 188 valence electrons. The van der Waals surface area contributed by atoms with Gasteiger partial charge in [0.2, 0.25) is 5.91 Å². The molecule has 0 aliphatic carbocycles. The van der Waals surface area contributed by atoms with E-state index in [1.54, 1.807) is 7.11 Å². The molecule has 2 N–H and O–H groups in total. The Balaban J connectivity index is 1.40. The van der Waals surface area contributed by atoms with Gasteiger partial charge in [0.1, 0.15) is 17.4 Å². The van der Waals surface area contributed by atoms with Crippen LogP contribution in [0.1, 0.15) is 11.1 Å². The molecule has 5 aromatic rings. The van der Waals surface area contributed by atoms with Gasteiger partial charge in [-0.05, 0) is 48.9 Å². The van der Waals surface area contributed by atoms with Crippen molar-refractivity contribution in [3.63, 3.8) is 0 Å². The second kappa shape index (κ2) is 11.3. The molecule has 10 heteroatoms. The van der Waals surface area contributed by atoms with E-state index in [-0.39, 0.29) is 11.7 Å². The number of ether oxygens (including phenoxy) is 1. The van der Waals surface area contributed by atoms with Crippen molar-refractivity contribution in [1.29, 1.82) is 5.26 Å². The van der Waals surface area contributed by atoms with Crippen molar-refractivity contribution in [1.82, 2.24) is 15.0 Å². The number of carbonyl (C=O) groups is 1. The number of aromatic nitrogens is 3. The van der Waals surface area contributed by atoms with E-state index in [4.69, 9.17) is 4.74 Å². The van der Waals surface area contributed by atoms with Gasteiger partial charge in [0.15, 0.2) is 16.1 Å². The largest absolute Gasteiger partial charge is 0.497 e. The van der Waals surface area contributed by atoms with Crippen LogP contribution >= 0.6 is 23.1 Å². The van der Waals surface area contributed by atoms with Crippen LogP contribution in [0.4, 0.5) is 16.6 Å². The molecule has 5 rings (SSSR count). The lowest BCUT2D eigenvalue weighted by Gasteiger charge is -2.13. The van der Waals surface area contributed by atoms with Gasteiger partial charge >= 0.3 is 0 Å². The van der Waals surface area contributed by atoms with Crippen molar-refractivity contribution in [3.05, 3.63) is 83.9 Å². The number of methoxy groups -OCH3 is 1. The lowest BCUT2D eigenvalue weighted by Crippen LogP contribution is -2.14. The zero-order valence-corrected chi connectivity index (χ0v) is 22.2. The smallest absolute Gasteiger partial charge is 0.236 e. The van der Waals surface area contributed by atoms with Gasteiger partial charge in [0.25, 0.3) is 0 Å². The minimum Gasteiger partial charge on any atom is -0.497 e. The van der Waals surface area contributed by atoms with E-state index in [0.29, 0.717) is 33.1 Å². The van der Waals surface area contributed by atoms with Crippen LogP contribution in [-0.2, 0) is 4.79 Å². The summed E-state index contributed by atoms with van der Waals surface area (Å²) in [5.74, 6) is 0.937. The van der Waals surface area contributed by atoms with Crippen molar-refractivity contribution in [2.24, 2.45) is 0 Å². The summed E-state index contributed by atoms with van der Waals surface area (Å²) in [6.07, 6.45) is 0. The highest BCUT2D eigenvalue weighted by Gasteiger charge is 2.18. The minimum absolute atomic E-state index is 0.0804. The van der Waals surface area contributed by atoms with Crippen LogP contribution in [0.25, 0.3) is 21.5 Å². The Morgan fingerprint density at radius 3 is 2.58 bits per heavy atom. The van der Waals surface area contributed by atoms with Gasteiger partial charge in [-0.1, -0.05) is 59.5 Å². The third kappa shape index (κ3) is 5.75. The van der Waals surface area contributed by atoms with Gasteiger partial charge in [0, 0.05) is 11.3 Å². The molecule has 0 aliphatic heterocycles. The van der Waals surface area contributed by atoms with Crippen LogP contribution in [0.15, 0.2) is 78.0 Å². The number of carbonyl (C=O) groups excluding carboxylic acids is 1. The molecule has 1 amide bonds. The number of nitriles is 1. The predicted octanol–water partition coefficient (Wildman–Crippen LogP) is 6.42. The predicted molar refractivity (Wildman–Crippen MR) is 152 cm³/mol. The lowest BCUT2D eigenvalue weighted by atomic mass is 10.1. The first-order valence-corrected chi connectivity index (χ1v) is 13.4. The fourth-order valence-corrected chi connectivity index (χ4v) is 5.31. The molecule has 38 heavy (non-hydrogen) atoms. The number of thiazole rings is 1. The SMILES string of the molecule is COc1ccc(Nc2nc(SCC(=O)Nc3nc4ccc(C)cc4s3)nc(-c3ccccc3)c2C#N)cc1. The molecule has 0 saturated carbocycles. The van der Waals surface area contributed by atoms with E-state index in [0.717, 1.165) is 27.0 Å². The van der Waals surface area contributed by atoms with Gasteiger partial charge < -0.3 is 15.4 Å². The quantitative estimate of drug-likeness (QED) is 0.172. The van der Waals surface area contributed by atoms with Crippen LogP contribution in [0.5, 0.6) is 5.75 Å². The molecule has 0 aliphatic rings.